The van der Waals surface area contributed by atoms with E-state index in [0.29, 0.717) is 11.3 Å². The van der Waals surface area contributed by atoms with Crippen LogP contribution in [0.25, 0.3) is 0 Å². The van der Waals surface area contributed by atoms with Gasteiger partial charge in [0.2, 0.25) is 17.7 Å². The Labute approximate surface area is 117 Å². The van der Waals surface area contributed by atoms with Gasteiger partial charge in [-0.05, 0) is 30.2 Å². The quantitative estimate of drug-likeness (QED) is 0.744. The number of anilines is 1. The Morgan fingerprint density at radius 1 is 1.10 bits per heavy atom. The van der Waals surface area contributed by atoms with Gasteiger partial charge >= 0.3 is 0 Å². The molecule has 0 unspecified atom stereocenters. The van der Waals surface area contributed by atoms with Crippen LogP contribution in [0.4, 0.5) is 5.69 Å². The van der Waals surface area contributed by atoms with E-state index >= 15 is 0 Å². The van der Waals surface area contributed by atoms with E-state index in [1.807, 2.05) is 13.8 Å². The van der Waals surface area contributed by atoms with Crippen molar-refractivity contribution in [2.24, 2.45) is 11.7 Å². The number of hydrogen-bond donors (Lipinski definition) is 3. The predicted molar refractivity (Wildman–Crippen MR) is 76.0 cm³/mol. The van der Waals surface area contributed by atoms with Crippen LogP contribution in [-0.4, -0.2) is 23.8 Å². The van der Waals surface area contributed by atoms with Gasteiger partial charge in [0.05, 0.1) is 0 Å². The number of hydrogen-bond acceptors (Lipinski definition) is 3. The number of nitrogens with two attached hydrogens (primary N) is 1. The van der Waals surface area contributed by atoms with Crippen LogP contribution in [0, 0.1) is 5.92 Å². The van der Waals surface area contributed by atoms with Crippen molar-refractivity contribution in [1.29, 1.82) is 0 Å². The van der Waals surface area contributed by atoms with Gasteiger partial charge in [-0.25, -0.2) is 0 Å². The summed E-state index contributed by atoms with van der Waals surface area (Å²) in [7, 11) is 0. The topological polar surface area (TPSA) is 101 Å². The lowest BCUT2D eigenvalue weighted by molar-refractivity contribution is -0.126. The number of carbonyl (C=O) groups is 3. The number of rotatable bonds is 5. The summed E-state index contributed by atoms with van der Waals surface area (Å²) in [6, 6.07) is 5.62. The monoisotopic (exact) mass is 277 g/mol. The van der Waals surface area contributed by atoms with Crippen LogP contribution in [0.2, 0.25) is 0 Å². The molecule has 0 aliphatic heterocycles. The summed E-state index contributed by atoms with van der Waals surface area (Å²) in [5.74, 6) is -1.13. The summed E-state index contributed by atoms with van der Waals surface area (Å²) in [5.41, 5.74) is 6.04. The van der Waals surface area contributed by atoms with E-state index < -0.39 is 11.9 Å². The molecule has 0 radical (unpaired) electrons. The Kier molecular flexibility index (Phi) is 5.25. The van der Waals surface area contributed by atoms with Crippen LogP contribution < -0.4 is 16.4 Å². The summed E-state index contributed by atoms with van der Waals surface area (Å²) >= 11 is 0. The lowest BCUT2D eigenvalue weighted by Crippen LogP contribution is -2.46. The van der Waals surface area contributed by atoms with Gasteiger partial charge in [-0.1, -0.05) is 13.8 Å². The molecular formula is C14H19N3O3. The molecule has 0 bridgehead atoms. The molecule has 1 aromatic rings. The van der Waals surface area contributed by atoms with Crippen molar-refractivity contribution >= 4 is 23.4 Å². The zero-order chi connectivity index (χ0) is 15.3. The van der Waals surface area contributed by atoms with Crippen LogP contribution in [0.3, 0.4) is 0 Å². The Morgan fingerprint density at radius 2 is 1.65 bits per heavy atom. The van der Waals surface area contributed by atoms with Crippen LogP contribution in [-0.2, 0) is 9.59 Å². The average Bonchev–Trinajstić information content (AvgIpc) is 2.35. The van der Waals surface area contributed by atoms with Gasteiger partial charge in [0.15, 0.2) is 0 Å². The third-order valence-corrected chi connectivity index (χ3v) is 2.74. The van der Waals surface area contributed by atoms with E-state index in [2.05, 4.69) is 10.6 Å². The van der Waals surface area contributed by atoms with E-state index in [4.69, 9.17) is 5.73 Å². The molecule has 6 heteroatoms. The normalized spacial score (nSPS) is 11.8. The maximum Gasteiger partial charge on any atom is 0.248 e. The van der Waals surface area contributed by atoms with Gasteiger partial charge in [0.1, 0.15) is 6.04 Å². The van der Waals surface area contributed by atoms with Gasteiger partial charge in [0, 0.05) is 18.2 Å². The first-order chi connectivity index (χ1) is 9.31. The second-order valence-corrected chi connectivity index (χ2v) is 4.85. The fraction of sp³-hybridized carbons (Fsp3) is 0.357. The molecule has 108 valence electrons. The molecule has 6 nitrogen and oxygen atoms in total. The summed E-state index contributed by atoms with van der Waals surface area (Å²) < 4.78 is 0. The van der Waals surface area contributed by atoms with E-state index in [-0.39, 0.29) is 17.7 Å². The highest BCUT2D eigenvalue weighted by Gasteiger charge is 2.22. The number of carbonyl (C=O) groups excluding carboxylic acids is 3. The van der Waals surface area contributed by atoms with Crippen LogP contribution in [0.1, 0.15) is 31.1 Å². The smallest absolute Gasteiger partial charge is 0.248 e. The fourth-order valence-corrected chi connectivity index (χ4v) is 1.69. The number of nitrogens with one attached hydrogen (secondary N) is 2. The van der Waals surface area contributed by atoms with E-state index in [1.54, 1.807) is 12.1 Å². The minimum Gasteiger partial charge on any atom is -0.366 e. The average molecular weight is 277 g/mol. The largest absolute Gasteiger partial charge is 0.366 e. The maximum absolute atomic E-state index is 12.1. The van der Waals surface area contributed by atoms with E-state index in [9.17, 15) is 14.4 Å². The van der Waals surface area contributed by atoms with Crippen molar-refractivity contribution in [3.8, 4) is 0 Å². The van der Waals surface area contributed by atoms with Crippen molar-refractivity contribution in [2.75, 3.05) is 5.32 Å². The molecule has 4 N–H and O–H groups in total. The third-order valence-electron chi connectivity index (χ3n) is 2.74. The second kappa shape index (κ2) is 6.70. The standard InChI is InChI=1S/C14H19N3O3/c1-8(2)12(16-9(3)18)14(20)17-11-6-4-10(5-7-11)13(15)19/h4-8,12H,1-3H3,(H2,15,19)(H,16,18)(H,17,20)/t12-/m1/s1. The van der Waals surface area contributed by atoms with E-state index in [0.717, 1.165) is 0 Å². The summed E-state index contributed by atoms with van der Waals surface area (Å²) in [4.78, 5) is 34.1. The molecule has 1 aromatic carbocycles. The van der Waals surface area contributed by atoms with Gasteiger partial charge < -0.3 is 16.4 Å². The Morgan fingerprint density at radius 3 is 2.05 bits per heavy atom. The molecule has 0 aliphatic carbocycles. The van der Waals surface area contributed by atoms with Crippen molar-refractivity contribution < 1.29 is 14.4 Å². The van der Waals surface area contributed by atoms with E-state index in [1.165, 1.54) is 19.1 Å². The molecule has 0 aromatic heterocycles. The lowest BCUT2D eigenvalue weighted by atomic mass is 10.0. The summed E-state index contributed by atoms with van der Waals surface area (Å²) in [6.07, 6.45) is 0. The van der Waals surface area contributed by atoms with Gasteiger partial charge in [-0.2, -0.15) is 0 Å². The molecule has 0 aliphatic rings. The predicted octanol–water partition coefficient (Wildman–Crippen LogP) is 0.885. The van der Waals surface area contributed by atoms with Crippen molar-refractivity contribution in [3.63, 3.8) is 0 Å². The molecule has 0 heterocycles. The summed E-state index contributed by atoms with van der Waals surface area (Å²) in [6.45, 7) is 5.05. The molecule has 20 heavy (non-hydrogen) atoms. The third kappa shape index (κ3) is 4.38. The van der Waals surface area contributed by atoms with Crippen molar-refractivity contribution in [1.82, 2.24) is 5.32 Å². The van der Waals surface area contributed by atoms with Crippen LogP contribution in [0.15, 0.2) is 24.3 Å². The molecule has 3 amide bonds. The molecule has 0 fully saturated rings. The molecule has 1 rings (SSSR count). The molecule has 0 saturated carbocycles. The van der Waals surface area contributed by atoms with Gasteiger partial charge in [0.25, 0.3) is 0 Å². The zero-order valence-electron chi connectivity index (χ0n) is 11.8. The highest BCUT2D eigenvalue weighted by molar-refractivity contribution is 5.98. The first-order valence-corrected chi connectivity index (χ1v) is 6.29. The molecule has 1 atom stereocenters. The minimum atomic E-state index is -0.608. The van der Waals surface area contributed by atoms with Crippen molar-refractivity contribution in [3.05, 3.63) is 29.8 Å². The molecular weight excluding hydrogens is 258 g/mol. The van der Waals surface area contributed by atoms with Crippen LogP contribution in [0.5, 0.6) is 0 Å². The minimum absolute atomic E-state index is 0.0382. The SMILES string of the molecule is CC(=O)N[C@@H](C(=O)Nc1ccc(C(N)=O)cc1)C(C)C. The Balaban J connectivity index is 2.77. The van der Waals surface area contributed by atoms with Crippen molar-refractivity contribution in [2.45, 2.75) is 26.8 Å². The highest BCUT2D eigenvalue weighted by atomic mass is 16.2. The Hall–Kier alpha value is -2.37. The number of benzene rings is 1. The second-order valence-electron chi connectivity index (χ2n) is 4.85. The first-order valence-electron chi connectivity index (χ1n) is 6.29. The lowest BCUT2D eigenvalue weighted by Gasteiger charge is -2.20. The van der Waals surface area contributed by atoms with Gasteiger partial charge in [-0.3, -0.25) is 14.4 Å². The zero-order valence-corrected chi connectivity index (χ0v) is 11.8. The highest BCUT2D eigenvalue weighted by Crippen LogP contribution is 2.11. The molecule has 0 saturated heterocycles. The maximum atomic E-state index is 12.1. The fourth-order valence-electron chi connectivity index (χ4n) is 1.69. The number of amides is 3. The Bertz CT molecular complexity index is 509. The van der Waals surface area contributed by atoms with Crippen LogP contribution >= 0.6 is 0 Å². The summed E-state index contributed by atoms with van der Waals surface area (Å²) in [5, 5.41) is 5.29. The molecule has 0 spiro atoms. The van der Waals surface area contributed by atoms with Gasteiger partial charge in [-0.15, -0.1) is 0 Å². The first kappa shape index (κ1) is 15.7. The number of primary amides is 1.